The maximum absolute atomic E-state index is 13.1. The predicted octanol–water partition coefficient (Wildman–Crippen LogP) is 4.96. The van der Waals surface area contributed by atoms with Gasteiger partial charge < -0.3 is 14.5 Å². The highest BCUT2D eigenvalue weighted by Gasteiger charge is 2.32. The fraction of sp³-hybridized carbons (Fsp3) is 0.692. The average Bonchev–Trinajstić information content (AvgIpc) is 3.30. The van der Waals surface area contributed by atoms with Crippen LogP contribution in [-0.4, -0.2) is 48.4 Å². The Morgan fingerprint density at radius 1 is 0.806 bits per heavy atom. The van der Waals surface area contributed by atoms with Crippen molar-refractivity contribution in [3.8, 4) is 5.75 Å². The molecule has 0 aromatic heterocycles. The summed E-state index contributed by atoms with van der Waals surface area (Å²) in [4.78, 5) is 30.0. The first-order valence-corrected chi connectivity index (χ1v) is 12.3. The van der Waals surface area contributed by atoms with Gasteiger partial charge in [0, 0.05) is 32.5 Å². The molecule has 1 aromatic rings. The van der Waals surface area contributed by atoms with E-state index in [1.807, 2.05) is 12.1 Å². The first-order chi connectivity index (χ1) is 15.1. The predicted molar refractivity (Wildman–Crippen MR) is 122 cm³/mol. The van der Waals surface area contributed by atoms with E-state index in [4.69, 9.17) is 4.74 Å². The zero-order valence-electron chi connectivity index (χ0n) is 19.1. The number of piperidine rings is 1. The van der Waals surface area contributed by atoms with Crippen LogP contribution in [0.15, 0.2) is 24.3 Å². The molecule has 0 unspecified atom stereocenters. The number of amides is 2. The lowest BCUT2D eigenvalue weighted by atomic mass is 9.86. The summed E-state index contributed by atoms with van der Waals surface area (Å²) in [6, 6.07) is 8.33. The largest absolute Gasteiger partial charge is 0.497 e. The zero-order chi connectivity index (χ0) is 21.6. The Labute approximate surface area is 187 Å². The van der Waals surface area contributed by atoms with Gasteiger partial charge in [-0.15, -0.1) is 0 Å². The molecular formula is C26H38N2O3. The molecule has 4 rings (SSSR count). The highest BCUT2D eigenvalue weighted by Crippen LogP contribution is 2.35. The van der Waals surface area contributed by atoms with Crippen LogP contribution >= 0.6 is 0 Å². The molecule has 1 aliphatic carbocycles. The van der Waals surface area contributed by atoms with E-state index in [-0.39, 0.29) is 11.9 Å². The van der Waals surface area contributed by atoms with E-state index in [1.54, 1.807) is 7.11 Å². The van der Waals surface area contributed by atoms with Crippen molar-refractivity contribution in [2.45, 2.75) is 76.7 Å². The third kappa shape index (κ3) is 5.61. The standard InChI is InChI=1S/C26H38N2O3/c1-31-23-11-9-22(10-12-23)24-8-5-15-28(24)26(30)19-21-13-16-27(17-14-21)25(29)18-20-6-3-2-4-7-20/h9-12,20-21,24H,2-8,13-19H2,1H3/t24-/m1/s1. The van der Waals surface area contributed by atoms with Crippen LogP contribution in [0.1, 0.15) is 82.2 Å². The van der Waals surface area contributed by atoms with E-state index in [0.29, 0.717) is 24.2 Å². The molecule has 0 spiro atoms. The minimum absolute atomic E-state index is 0.190. The van der Waals surface area contributed by atoms with Crippen LogP contribution in [0.2, 0.25) is 0 Å². The molecule has 1 atom stereocenters. The van der Waals surface area contributed by atoms with Gasteiger partial charge in [0.05, 0.1) is 13.2 Å². The van der Waals surface area contributed by atoms with Crippen LogP contribution < -0.4 is 4.74 Å². The maximum atomic E-state index is 13.1. The van der Waals surface area contributed by atoms with E-state index in [1.165, 1.54) is 37.7 Å². The van der Waals surface area contributed by atoms with Gasteiger partial charge in [-0.05, 0) is 68.1 Å². The summed E-state index contributed by atoms with van der Waals surface area (Å²) in [5.74, 6) is 2.49. The number of ether oxygens (including phenoxy) is 1. The van der Waals surface area contributed by atoms with Crippen molar-refractivity contribution >= 4 is 11.8 Å². The summed E-state index contributed by atoms with van der Waals surface area (Å²) >= 11 is 0. The number of nitrogens with zero attached hydrogens (tertiary/aromatic N) is 2. The zero-order valence-corrected chi connectivity index (χ0v) is 19.1. The van der Waals surface area contributed by atoms with Gasteiger partial charge in [-0.2, -0.15) is 0 Å². The van der Waals surface area contributed by atoms with Crippen LogP contribution in [0.4, 0.5) is 0 Å². The smallest absolute Gasteiger partial charge is 0.223 e. The van der Waals surface area contributed by atoms with Crippen molar-refractivity contribution in [2.75, 3.05) is 26.7 Å². The van der Waals surface area contributed by atoms with Crippen LogP contribution in [0.25, 0.3) is 0 Å². The summed E-state index contributed by atoms with van der Waals surface area (Å²) in [7, 11) is 1.68. The monoisotopic (exact) mass is 426 g/mol. The third-order valence-corrected chi connectivity index (χ3v) is 7.69. The Kier molecular flexibility index (Phi) is 7.52. The van der Waals surface area contributed by atoms with E-state index >= 15 is 0 Å². The quantitative estimate of drug-likeness (QED) is 0.646. The Morgan fingerprint density at radius 2 is 1.45 bits per heavy atom. The minimum atomic E-state index is 0.190. The van der Waals surface area contributed by atoms with Crippen LogP contribution in [0.3, 0.4) is 0 Å². The molecule has 2 aliphatic heterocycles. The molecule has 3 fully saturated rings. The van der Waals surface area contributed by atoms with Crippen LogP contribution in [-0.2, 0) is 9.59 Å². The first kappa shape index (κ1) is 22.2. The normalized spacial score (nSPS) is 23.2. The number of methoxy groups -OCH3 is 1. The fourth-order valence-electron chi connectivity index (χ4n) is 5.76. The van der Waals surface area contributed by atoms with Crippen molar-refractivity contribution in [1.29, 1.82) is 0 Å². The van der Waals surface area contributed by atoms with E-state index < -0.39 is 0 Å². The van der Waals surface area contributed by atoms with Crippen molar-refractivity contribution in [2.24, 2.45) is 11.8 Å². The van der Waals surface area contributed by atoms with Gasteiger partial charge in [-0.1, -0.05) is 31.4 Å². The second-order valence-electron chi connectivity index (χ2n) is 9.75. The van der Waals surface area contributed by atoms with Gasteiger partial charge in [0.15, 0.2) is 0 Å². The fourth-order valence-corrected chi connectivity index (χ4v) is 5.76. The van der Waals surface area contributed by atoms with Crippen LogP contribution in [0, 0.1) is 11.8 Å². The molecule has 2 heterocycles. The van der Waals surface area contributed by atoms with Crippen LogP contribution in [0.5, 0.6) is 5.75 Å². The Bertz CT molecular complexity index is 734. The summed E-state index contributed by atoms with van der Waals surface area (Å²) in [5.41, 5.74) is 1.20. The number of carbonyl (C=O) groups is 2. The number of likely N-dealkylation sites (tertiary alicyclic amines) is 2. The minimum Gasteiger partial charge on any atom is -0.497 e. The lowest BCUT2D eigenvalue weighted by Crippen LogP contribution is -2.41. The topological polar surface area (TPSA) is 49.9 Å². The Morgan fingerprint density at radius 3 is 2.13 bits per heavy atom. The second-order valence-corrected chi connectivity index (χ2v) is 9.75. The number of carbonyl (C=O) groups excluding carboxylic acids is 2. The molecule has 2 amide bonds. The molecule has 0 bridgehead atoms. The molecule has 3 aliphatic rings. The first-order valence-electron chi connectivity index (χ1n) is 12.3. The SMILES string of the molecule is COc1ccc([C@H]2CCCN2C(=O)CC2CCN(C(=O)CC3CCCCC3)CC2)cc1. The molecule has 170 valence electrons. The molecular weight excluding hydrogens is 388 g/mol. The lowest BCUT2D eigenvalue weighted by molar-refractivity contribution is -0.135. The maximum Gasteiger partial charge on any atom is 0.223 e. The molecule has 0 N–H and O–H groups in total. The molecule has 31 heavy (non-hydrogen) atoms. The van der Waals surface area contributed by atoms with Crippen molar-refractivity contribution in [1.82, 2.24) is 9.80 Å². The van der Waals surface area contributed by atoms with Gasteiger partial charge in [0.2, 0.25) is 11.8 Å². The highest BCUT2D eigenvalue weighted by atomic mass is 16.5. The van der Waals surface area contributed by atoms with Gasteiger partial charge in [0.1, 0.15) is 5.75 Å². The Hall–Kier alpha value is -2.04. The summed E-state index contributed by atoms with van der Waals surface area (Å²) < 4.78 is 5.27. The van der Waals surface area contributed by atoms with Crippen molar-refractivity contribution in [3.63, 3.8) is 0 Å². The molecule has 1 aromatic carbocycles. The molecule has 1 saturated carbocycles. The number of benzene rings is 1. The molecule has 0 radical (unpaired) electrons. The summed E-state index contributed by atoms with van der Waals surface area (Å²) in [6.45, 7) is 2.51. The highest BCUT2D eigenvalue weighted by molar-refractivity contribution is 5.78. The van der Waals surface area contributed by atoms with E-state index in [2.05, 4.69) is 21.9 Å². The van der Waals surface area contributed by atoms with Gasteiger partial charge >= 0.3 is 0 Å². The average molecular weight is 427 g/mol. The number of hydrogen-bond donors (Lipinski definition) is 0. The van der Waals surface area contributed by atoms with E-state index in [0.717, 1.165) is 57.5 Å². The van der Waals surface area contributed by atoms with E-state index in [9.17, 15) is 9.59 Å². The molecule has 5 heteroatoms. The molecule has 2 saturated heterocycles. The van der Waals surface area contributed by atoms with Gasteiger partial charge in [-0.3, -0.25) is 9.59 Å². The molecule has 5 nitrogen and oxygen atoms in total. The van der Waals surface area contributed by atoms with Gasteiger partial charge in [-0.25, -0.2) is 0 Å². The number of hydrogen-bond acceptors (Lipinski definition) is 3. The lowest BCUT2D eigenvalue weighted by Gasteiger charge is -2.34. The summed E-state index contributed by atoms with van der Waals surface area (Å²) in [6.07, 6.45) is 11.7. The van der Waals surface area contributed by atoms with Crippen molar-refractivity contribution < 1.29 is 14.3 Å². The number of rotatable bonds is 6. The third-order valence-electron chi connectivity index (χ3n) is 7.69. The second kappa shape index (κ2) is 10.5. The van der Waals surface area contributed by atoms with Crippen molar-refractivity contribution in [3.05, 3.63) is 29.8 Å². The Balaban J connectivity index is 1.25. The van der Waals surface area contributed by atoms with Gasteiger partial charge in [0.25, 0.3) is 0 Å². The summed E-state index contributed by atoms with van der Waals surface area (Å²) in [5, 5.41) is 0.